The van der Waals surface area contributed by atoms with Gasteiger partial charge in [-0.2, -0.15) is 4.91 Å². The molecule has 1 aliphatic heterocycles. The van der Waals surface area contributed by atoms with Crippen LogP contribution in [-0.4, -0.2) is 33.8 Å². The molecule has 1 unspecified atom stereocenters. The number of imide groups is 1. The number of nitro benzene ring substituents is 1. The summed E-state index contributed by atoms with van der Waals surface area (Å²) in [5.74, 6) is -2.96. The van der Waals surface area contributed by atoms with E-state index in [0.29, 0.717) is 0 Å². The largest absolute Gasteiger partial charge is 0.445 e. The van der Waals surface area contributed by atoms with Crippen molar-refractivity contribution < 1.29 is 24.0 Å². The molecule has 22 heavy (non-hydrogen) atoms. The Balaban J connectivity index is 2.20. The first-order chi connectivity index (χ1) is 10.5. The van der Waals surface area contributed by atoms with Crippen LogP contribution in [0.2, 0.25) is 0 Å². The van der Waals surface area contributed by atoms with Crippen LogP contribution in [0.25, 0.3) is 10.4 Å². The van der Waals surface area contributed by atoms with Crippen LogP contribution in [0, 0.1) is 10.1 Å². The van der Waals surface area contributed by atoms with Gasteiger partial charge in [0.2, 0.25) is 6.10 Å². The summed E-state index contributed by atoms with van der Waals surface area (Å²) in [7, 11) is 0. The van der Waals surface area contributed by atoms with Crippen molar-refractivity contribution in [2.24, 2.45) is 5.22 Å². The number of benzene rings is 1. The molecule has 0 aromatic heterocycles. The lowest BCUT2D eigenvalue weighted by molar-refractivity contribution is -0.385. The van der Waals surface area contributed by atoms with E-state index >= 15 is 0 Å². The average molecular weight is 305 g/mol. The van der Waals surface area contributed by atoms with Crippen LogP contribution in [-0.2, 0) is 14.3 Å². The second-order valence-electron chi connectivity index (χ2n) is 4.09. The van der Waals surface area contributed by atoms with Crippen LogP contribution in [0.3, 0.4) is 0 Å². The zero-order valence-electron chi connectivity index (χ0n) is 10.8. The van der Waals surface area contributed by atoms with Gasteiger partial charge in [-0.25, -0.2) is 14.4 Å². The van der Waals surface area contributed by atoms with Crippen molar-refractivity contribution in [3.63, 3.8) is 0 Å². The van der Waals surface area contributed by atoms with Crippen molar-refractivity contribution in [3.8, 4) is 0 Å². The normalized spacial score (nSPS) is 17.1. The lowest BCUT2D eigenvalue weighted by Gasteiger charge is -2.08. The molecule has 1 aliphatic rings. The number of carbonyl (C=O) groups is 3. The van der Waals surface area contributed by atoms with Crippen molar-refractivity contribution in [2.75, 3.05) is 0 Å². The van der Waals surface area contributed by atoms with E-state index in [-0.39, 0.29) is 10.6 Å². The zero-order chi connectivity index (χ0) is 16.3. The highest BCUT2D eigenvalue weighted by atomic mass is 16.6. The summed E-state index contributed by atoms with van der Waals surface area (Å²) < 4.78 is 4.81. The maximum Gasteiger partial charge on any atom is 0.361 e. The Kier molecular flexibility index (Phi) is 4.00. The van der Waals surface area contributed by atoms with E-state index in [4.69, 9.17) is 10.3 Å². The van der Waals surface area contributed by atoms with Crippen LogP contribution < -0.4 is 0 Å². The van der Waals surface area contributed by atoms with Gasteiger partial charge in [0.1, 0.15) is 5.56 Å². The van der Waals surface area contributed by atoms with Crippen molar-refractivity contribution in [2.45, 2.75) is 12.5 Å². The lowest BCUT2D eigenvalue weighted by atomic mass is 10.2. The summed E-state index contributed by atoms with van der Waals surface area (Å²) in [4.78, 5) is 47.4. The number of hydrogen-bond donors (Lipinski definition) is 0. The first-order valence-electron chi connectivity index (χ1n) is 5.82. The Morgan fingerprint density at radius 2 is 2.14 bits per heavy atom. The molecule has 1 aromatic rings. The Labute approximate surface area is 121 Å². The lowest BCUT2D eigenvalue weighted by Crippen LogP contribution is -2.29. The Morgan fingerprint density at radius 1 is 1.45 bits per heavy atom. The molecule has 0 saturated carbocycles. The quantitative estimate of drug-likeness (QED) is 0.154. The molecule has 1 fully saturated rings. The smallest absolute Gasteiger partial charge is 0.361 e. The molecule has 2 rings (SSSR count). The fraction of sp³-hybridized carbons (Fsp3) is 0.182. The third-order valence-electron chi connectivity index (χ3n) is 2.78. The number of nitro groups is 1. The number of rotatable bonds is 4. The summed E-state index contributed by atoms with van der Waals surface area (Å²) in [5.41, 5.74) is 7.39. The number of hydrogen-bond acceptors (Lipinski definition) is 7. The maximum atomic E-state index is 11.9. The van der Waals surface area contributed by atoms with Gasteiger partial charge in [0, 0.05) is 6.07 Å². The van der Waals surface area contributed by atoms with E-state index in [1.54, 1.807) is 0 Å². The van der Waals surface area contributed by atoms with Gasteiger partial charge in [-0.3, -0.25) is 10.1 Å². The molecule has 0 bridgehead atoms. The van der Waals surface area contributed by atoms with E-state index in [1.807, 2.05) is 0 Å². The van der Waals surface area contributed by atoms with Crippen LogP contribution in [0.1, 0.15) is 16.8 Å². The molecular formula is C11H7N5O6. The van der Waals surface area contributed by atoms with Gasteiger partial charge in [-0.1, -0.05) is 12.1 Å². The van der Waals surface area contributed by atoms with E-state index in [0.717, 1.165) is 12.1 Å². The summed E-state index contributed by atoms with van der Waals surface area (Å²) >= 11 is 0. The maximum absolute atomic E-state index is 11.9. The molecule has 1 aromatic carbocycles. The van der Waals surface area contributed by atoms with Gasteiger partial charge in [0.15, 0.2) is 0 Å². The monoisotopic (exact) mass is 305 g/mol. The van der Waals surface area contributed by atoms with E-state index < -0.39 is 40.9 Å². The van der Waals surface area contributed by atoms with Gasteiger partial charge in [0.25, 0.3) is 5.69 Å². The summed E-state index contributed by atoms with van der Waals surface area (Å²) in [6.45, 7) is 0. The Morgan fingerprint density at radius 3 is 2.77 bits per heavy atom. The molecule has 1 atom stereocenters. The highest BCUT2D eigenvalue weighted by Crippen LogP contribution is 2.22. The fourth-order valence-corrected chi connectivity index (χ4v) is 1.82. The van der Waals surface area contributed by atoms with Gasteiger partial charge in [-0.15, -0.1) is 10.5 Å². The molecule has 1 heterocycles. The zero-order valence-corrected chi connectivity index (χ0v) is 10.8. The van der Waals surface area contributed by atoms with Gasteiger partial charge < -0.3 is 4.74 Å². The third kappa shape index (κ3) is 2.69. The molecule has 0 spiro atoms. The molecule has 2 amide bonds. The highest BCUT2D eigenvalue weighted by molar-refractivity contribution is 6.06. The molecule has 0 N–H and O–H groups in total. The van der Waals surface area contributed by atoms with Gasteiger partial charge >= 0.3 is 17.8 Å². The Bertz CT molecular complexity index is 725. The molecule has 11 nitrogen and oxygen atoms in total. The molecule has 112 valence electrons. The topological polar surface area (TPSA) is 156 Å². The molecule has 1 saturated heterocycles. The molecular weight excluding hydrogens is 298 g/mol. The molecule has 0 aliphatic carbocycles. The second kappa shape index (κ2) is 5.89. The Hall–Kier alpha value is -3.46. The van der Waals surface area contributed by atoms with Crippen molar-refractivity contribution in [1.29, 1.82) is 0 Å². The minimum atomic E-state index is -1.48. The number of amides is 2. The van der Waals surface area contributed by atoms with Gasteiger partial charge in [-0.05, 0) is 11.3 Å². The standard InChI is InChI=1S/C11H7N5O6/c12-13-14-15-9(17)5-8(10(15)18)22-11(19)6-3-1-2-4-7(6)16(20)21/h1-4,8H,5H2. The third-order valence-corrected chi connectivity index (χ3v) is 2.78. The number of para-hydroxylation sites is 1. The number of esters is 1. The van der Waals surface area contributed by atoms with Crippen LogP contribution in [0.4, 0.5) is 5.69 Å². The van der Waals surface area contributed by atoms with Crippen LogP contribution in [0.5, 0.6) is 0 Å². The highest BCUT2D eigenvalue weighted by Gasteiger charge is 2.46. The summed E-state index contributed by atoms with van der Waals surface area (Å²) in [6.07, 6.45) is -1.98. The minimum Gasteiger partial charge on any atom is -0.445 e. The van der Waals surface area contributed by atoms with Crippen LogP contribution >= 0.6 is 0 Å². The summed E-state index contributed by atoms with van der Waals surface area (Å²) in [5, 5.41) is 14.0. The fourth-order valence-electron chi connectivity index (χ4n) is 1.82. The number of carbonyl (C=O) groups excluding carboxylic acids is 3. The molecule has 11 heteroatoms. The predicted molar refractivity (Wildman–Crippen MR) is 67.9 cm³/mol. The first kappa shape index (κ1) is 14.9. The van der Waals surface area contributed by atoms with E-state index in [9.17, 15) is 24.5 Å². The van der Waals surface area contributed by atoms with Crippen molar-refractivity contribution in [3.05, 3.63) is 50.4 Å². The minimum absolute atomic E-state index is 0.247. The second-order valence-corrected chi connectivity index (χ2v) is 4.09. The number of ether oxygens (including phenoxy) is 1. The van der Waals surface area contributed by atoms with E-state index in [2.05, 4.69) is 10.1 Å². The predicted octanol–water partition coefficient (Wildman–Crippen LogP) is 1.10. The summed E-state index contributed by atoms with van der Waals surface area (Å²) in [6, 6.07) is 5.01. The molecule has 0 radical (unpaired) electrons. The first-order valence-corrected chi connectivity index (χ1v) is 5.82. The SMILES string of the molecule is [N-]=[N+]=NN1C(=O)CC(OC(=O)c2ccccc2[N+](=O)[O-])C1=O. The van der Waals surface area contributed by atoms with Crippen molar-refractivity contribution in [1.82, 2.24) is 5.01 Å². The van der Waals surface area contributed by atoms with Crippen LogP contribution in [0.15, 0.2) is 29.5 Å². The number of azide groups is 1. The van der Waals surface area contributed by atoms with Gasteiger partial charge in [0.05, 0.1) is 11.3 Å². The number of nitrogens with zero attached hydrogens (tertiary/aromatic N) is 5. The average Bonchev–Trinajstić information content (AvgIpc) is 2.75. The van der Waals surface area contributed by atoms with Crippen molar-refractivity contribution >= 4 is 23.5 Å². The van der Waals surface area contributed by atoms with E-state index in [1.165, 1.54) is 12.1 Å².